The van der Waals surface area contributed by atoms with Crippen molar-refractivity contribution in [2.24, 2.45) is 11.8 Å². The van der Waals surface area contributed by atoms with E-state index in [2.05, 4.69) is 16.5 Å². The molecular weight excluding hydrogens is 292 g/mol. The van der Waals surface area contributed by atoms with Crippen molar-refractivity contribution < 1.29 is 17.9 Å². The van der Waals surface area contributed by atoms with Gasteiger partial charge in [-0.3, -0.25) is 4.79 Å². The third-order valence-electron chi connectivity index (χ3n) is 4.78. The fraction of sp³-hybridized carbons (Fsp3) is 0.929. The van der Waals surface area contributed by atoms with E-state index in [-0.39, 0.29) is 12.0 Å². The minimum absolute atomic E-state index is 0.0369. The van der Waals surface area contributed by atoms with E-state index in [9.17, 15) is 13.2 Å². The molecule has 7 heteroatoms. The number of carbonyl (C=O) groups is 1. The number of ether oxygens (including phenoxy) is 1. The maximum absolute atomic E-state index is 12.6. The van der Waals surface area contributed by atoms with Gasteiger partial charge in [0.25, 0.3) is 0 Å². The first-order valence-electron chi connectivity index (χ1n) is 7.62. The van der Waals surface area contributed by atoms with E-state index in [1.54, 1.807) is 0 Å². The molecule has 1 N–H and O–H groups in total. The average Bonchev–Trinajstić information content (AvgIpc) is 2.91. The van der Waals surface area contributed by atoms with Crippen LogP contribution < -0.4 is 4.72 Å². The van der Waals surface area contributed by atoms with Gasteiger partial charge < -0.3 is 9.64 Å². The van der Waals surface area contributed by atoms with Crippen LogP contribution in [0.4, 0.5) is 0 Å². The van der Waals surface area contributed by atoms with Crippen LogP contribution in [0.1, 0.15) is 32.6 Å². The lowest BCUT2D eigenvalue weighted by atomic mass is 9.95. The van der Waals surface area contributed by atoms with Gasteiger partial charge in [-0.15, -0.1) is 0 Å². The Labute approximate surface area is 127 Å². The molecular formula is C14H26N2O4S. The van der Waals surface area contributed by atoms with Gasteiger partial charge in [0.15, 0.2) is 0 Å². The van der Waals surface area contributed by atoms with Crippen molar-refractivity contribution in [1.29, 1.82) is 0 Å². The Bertz CT molecular complexity index is 479. The van der Waals surface area contributed by atoms with Gasteiger partial charge >= 0.3 is 5.97 Å². The van der Waals surface area contributed by atoms with Crippen molar-refractivity contribution in [3.8, 4) is 0 Å². The van der Waals surface area contributed by atoms with E-state index >= 15 is 0 Å². The number of nitrogens with one attached hydrogen (secondary N) is 1. The second-order valence-electron chi connectivity index (χ2n) is 6.40. The Balaban J connectivity index is 2.06. The Morgan fingerprint density at radius 1 is 1.29 bits per heavy atom. The third-order valence-corrected chi connectivity index (χ3v) is 6.77. The molecule has 0 aromatic rings. The summed E-state index contributed by atoms with van der Waals surface area (Å²) < 4.78 is 32.9. The molecule has 1 saturated heterocycles. The highest BCUT2D eigenvalue weighted by molar-refractivity contribution is 7.90. The van der Waals surface area contributed by atoms with E-state index in [1.807, 2.05) is 7.05 Å². The van der Waals surface area contributed by atoms with Crippen molar-refractivity contribution in [3.05, 3.63) is 0 Å². The van der Waals surface area contributed by atoms with Crippen LogP contribution >= 0.6 is 0 Å². The van der Waals surface area contributed by atoms with Crippen LogP contribution in [0.25, 0.3) is 0 Å². The summed E-state index contributed by atoms with van der Waals surface area (Å²) in [5, 5.41) is -0.642. The van der Waals surface area contributed by atoms with Gasteiger partial charge in [-0.1, -0.05) is 13.3 Å². The van der Waals surface area contributed by atoms with Gasteiger partial charge in [0.05, 0.1) is 18.3 Å². The molecule has 0 bridgehead atoms. The number of rotatable bonds is 4. The zero-order chi connectivity index (χ0) is 15.6. The number of methoxy groups -OCH3 is 1. The maximum Gasteiger partial charge on any atom is 0.310 e. The van der Waals surface area contributed by atoms with Crippen molar-refractivity contribution in [2.45, 2.75) is 43.9 Å². The highest BCUT2D eigenvalue weighted by Crippen LogP contribution is 2.32. The Morgan fingerprint density at radius 3 is 2.62 bits per heavy atom. The van der Waals surface area contributed by atoms with E-state index in [4.69, 9.17) is 4.74 Å². The van der Waals surface area contributed by atoms with Crippen LogP contribution in [0.15, 0.2) is 0 Å². The summed E-state index contributed by atoms with van der Waals surface area (Å²) in [7, 11) is -0.120. The SMILES string of the molecule is COC(=O)C1CCCC1S(=O)(=O)NC1CCN(C)CC1C. The molecule has 2 aliphatic rings. The largest absolute Gasteiger partial charge is 0.469 e. The molecule has 6 nitrogen and oxygen atoms in total. The predicted molar refractivity (Wildman–Crippen MR) is 80.3 cm³/mol. The summed E-state index contributed by atoms with van der Waals surface area (Å²) in [6, 6.07) is -0.0369. The summed E-state index contributed by atoms with van der Waals surface area (Å²) >= 11 is 0. The lowest BCUT2D eigenvalue weighted by Crippen LogP contribution is -2.51. The second kappa shape index (κ2) is 6.62. The smallest absolute Gasteiger partial charge is 0.310 e. The summed E-state index contributed by atoms with van der Waals surface area (Å²) in [6.07, 6.45) is 2.71. The first-order valence-corrected chi connectivity index (χ1v) is 9.17. The molecule has 4 atom stereocenters. The van der Waals surface area contributed by atoms with E-state index in [1.165, 1.54) is 7.11 Å². The zero-order valence-electron chi connectivity index (χ0n) is 13.0. The fourth-order valence-corrected chi connectivity index (χ4v) is 5.65. The van der Waals surface area contributed by atoms with Crippen molar-refractivity contribution >= 4 is 16.0 Å². The van der Waals surface area contributed by atoms with Crippen LogP contribution in [0.2, 0.25) is 0 Å². The number of piperidine rings is 1. The van der Waals surface area contributed by atoms with Gasteiger partial charge in [0, 0.05) is 12.6 Å². The molecule has 21 heavy (non-hydrogen) atoms. The van der Waals surface area contributed by atoms with Gasteiger partial charge in [-0.2, -0.15) is 0 Å². The normalized spacial score (nSPS) is 34.8. The number of hydrogen-bond donors (Lipinski definition) is 1. The molecule has 1 aliphatic carbocycles. The Kier molecular flexibility index (Phi) is 5.27. The van der Waals surface area contributed by atoms with Crippen LogP contribution in [-0.2, 0) is 19.6 Å². The first-order chi connectivity index (χ1) is 9.85. The van der Waals surface area contributed by atoms with Crippen molar-refractivity contribution in [1.82, 2.24) is 9.62 Å². The topological polar surface area (TPSA) is 75.7 Å². The number of hydrogen-bond acceptors (Lipinski definition) is 5. The molecule has 0 amide bonds. The summed E-state index contributed by atoms with van der Waals surface area (Å²) in [4.78, 5) is 14.0. The van der Waals surface area contributed by atoms with Crippen LogP contribution in [0.5, 0.6) is 0 Å². The van der Waals surface area contributed by atoms with Gasteiger partial charge in [-0.05, 0) is 38.8 Å². The molecule has 0 radical (unpaired) electrons. The number of carbonyl (C=O) groups excluding carboxylic acids is 1. The van der Waals surface area contributed by atoms with Gasteiger partial charge in [0.1, 0.15) is 0 Å². The highest BCUT2D eigenvalue weighted by Gasteiger charge is 2.43. The first kappa shape index (κ1) is 16.7. The van der Waals surface area contributed by atoms with Crippen LogP contribution in [0, 0.1) is 11.8 Å². The lowest BCUT2D eigenvalue weighted by Gasteiger charge is -2.35. The van der Waals surface area contributed by atoms with E-state index in [0.29, 0.717) is 12.8 Å². The molecule has 0 aromatic heterocycles. The predicted octanol–water partition coefficient (Wildman–Crippen LogP) is 0.588. The highest BCUT2D eigenvalue weighted by atomic mass is 32.2. The quantitative estimate of drug-likeness (QED) is 0.768. The fourth-order valence-electron chi connectivity index (χ4n) is 3.55. The molecule has 4 unspecified atom stereocenters. The zero-order valence-corrected chi connectivity index (χ0v) is 13.9. The molecule has 122 valence electrons. The summed E-state index contributed by atoms with van der Waals surface area (Å²) in [5.41, 5.74) is 0. The molecule has 0 spiro atoms. The number of likely N-dealkylation sites (tertiary alicyclic amines) is 1. The number of sulfonamides is 1. The molecule has 1 saturated carbocycles. The van der Waals surface area contributed by atoms with E-state index in [0.717, 1.165) is 25.9 Å². The van der Waals surface area contributed by atoms with Crippen molar-refractivity contribution in [3.63, 3.8) is 0 Å². The summed E-state index contributed by atoms with van der Waals surface area (Å²) in [5.74, 6) is -0.648. The minimum Gasteiger partial charge on any atom is -0.469 e. The minimum atomic E-state index is -3.48. The van der Waals surface area contributed by atoms with Crippen LogP contribution in [0.3, 0.4) is 0 Å². The maximum atomic E-state index is 12.6. The molecule has 0 aromatic carbocycles. The number of nitrogens with zero attached hydrogens (tertiary/aromatic N) is 1. The Morgan fingerprint density at radius 2 is 2.00 bits per heavy atom. The van der Waals surface area contributed by atoms with Gasteiger partial charge in [0.2, 0.25) is 10.0 Å². The Hall–Kier alpha value is -0.660. The molecule has 2 rings (SSSR count). The van der Waals surface area contributed by atoms with Crippen molar-refractivity contribution in [2.75, 3.05) is 27.2 Å². The second-order valence-corrected chi connectivity index (χ2v) is 8.33. The summed E-state index contributed by atoms with van der Waals surface area (Å²) in [6.45, 7) is 3.84. The molecule has 2 fully saturated rings. The number of esters is 1. The lowest BCUT2D eigenvalue weighted by molar-refractivity contribution is -0.145. The monoisotopic (exact) mass is 318 g/mol. The van der Waals surface area contributed by atoms with Gasteiger partial charge in [-0.25, -0.2) is 13.1 Å². The average molecular weight is 318 g/mol. The third kappa shape index (κ3) is 3.76. The molecule has 1 heterocycles. The molecule has 1 aliphatic heterocycles. The van der Waals surface area contributed by atoms with Crippen LogP contribution in [-0.4, -0.2) is 57.8 Å². The van der Waals surface area contributed by atoms with E-state index < -0.39 is 27.2 Å². The standard InChI is InChI=1S/C14H26N2O4S/c1-10-9-16(2)8-7-12(10)15-21(18,19)13-6-4-5-11(13)14(17)20-3/h10-13,15H,4-9H2,1-3H3.